The third-order valence-electron chi connectivity index (χ3n) is 6.41. The maximum Gasteiger partial charge on any atom is 0.299 e. The Balaban J connectivity index is 1.27. The average Bonchev–Trinajstić information content (AvgIpc) is 3.01. The maximum absolute atomic E-state index is 11.2. The Morgan fingerprint density at radius 1 is 0.610 bits per heavy atom. The Kier molecular flexibility index (Phi) is 10.5. The van der Waals surface area contributed by atoms with E-state index in [0.717, 1.165) is 22.8 Å². The minimum absolute atomic E-state index is 0.191. The van der Waals surface area contributed by atoms with Crippen molar-refractivity contribution in [1.29, 1.82) is 0 Å². The van der Waals surface area contributed by atoms with Crippen LogP contribution in [-0.2, 0) is 19.8 Å². The molecule has 10 nitrogen and oxygen atoms in total. The van der Waals surface area contributed by atoms with E-state index in [2.05, 4.69) is 41.7 Å². The van der Waals surface area contributed by atoms with Crippen molar-refractivity contribution in [3.05, 3.63) is 146 Å². The SMILES string of the molecule is O=[N+]([O-])c1ccc(NCCOCCOCCOC(c2ccccc2)(c2ccccc2)c2ccccc2)c([N+](=O)[O-])c1. The lowest BCUT2D eigenvalue weighted by Gasteiger charge is -2.36. The highest BCUT2D eigenvalue weighted by Crippen LogP contribution is 2.40. The van der Waals surface area contributed by atoms with Gasteiger partial charge in [-0.2, -0.15) is 0 Å². The molecule has 1 N–H and O–H groups in total. The molecule has 0 fully saturated rings. The van der Waals surface area contributed by atoms with Crippen LogP contribution in [0.1, 0.15) is 16.7 Å². The van der Waals surface area contributed by atoms with E-state index >= 15 is 0 Å². The van der Waals surface area contributed by atoms with Crippen molar-refractivity contribution in [2.45, 2.75) is 5.60 Å². The molecule has 212 valence electrons. The number of hydrogen-bond acceptors (Lipinski definition) is 8. The number of nitrogens with one attached hydrogen (secondary N) is 1. The maximum atomic E-state index is 11.2. The topological polar surface area (TPSA) is 126 Å². The molecule has 0 amide bonds. The van der Waals surface area contributed by atoms with Crippen molar-refractivity contribution in [3.63, 3.8) is 0 Å². The number of ether oxygens (including phenoxy) is 3. The second-order valence-electron chi connectivity index (χ2n) is 8.99. The zero-order valence-electron chi connectivity index (χ0n) is 22.4. The summed E-state index contributed by atoms with van der Waals surface area (Å²) in [4.78, 5) is 20.8. The summed E-state index contributed by atoms with van der Waals surface area (Å²) in [5, 5.41) is 25.0. The third-order valence-corrected chi connectivity index (χ3v) is 6.41. The van der Waals surface area contributed by atoms with Crippen molar-refractivity contribution < 1.29 is 24.1 Å². The highest BCUT2D eigenvalue weighted by Gasteiger charge is 2.37. The lowest BCUT2D eigenvalue weighted by atomic mass is 9.80. The Morgan fingerprint density at radius 2 is 1.10 bits per heavy atom. The molecule has 0 aliphatic rings. The Labute approximate surface area is 237 Å². The van der Waals surface area contributed by atoms with Crippen molar-refractivity contribution in [3.8, 4) is 0 Å². The first kappa shape index (κ1) is 29.3. The van der Waals surface area contributed by atoms with Gasteiger partial charge in [0.05, 0.1) is 48.9 Å². The molecule has 0 spiro atoms. The summed E-state index contributed by atoms with van der Waals surface area (Å²) in [7, 11) is 0. The summed E-state index contributed by atoms with van der Waals surface area (Å²) >= 11 is 0. The van der Waals surface area contributed by atoms with Crippen LogP contribution in [0.4, 0.5) is 17.1 Å². The lowest BCUT2D eigenvalue weighted by molar-refractivity contribution is -0.393. The van der Waals surface area contributed by atoms with Gasteiger partial charge in [0.1, 0.15) is 11.3 Å². The number of benzene rings is 4. The minimum atomic E-state index is -0.810. The predicted octanol–water partition coefficient (Wildman–Crippen LogP) is 5.96. The van der Waals surface area contributed by atoms with Crippen LogP contribution < -0.4 is 5.32 Å². The van der Waals surface area contributed by atoms with Gasteiger partial charge in [-0.15, -0.1) is 0 Å². The number of rotatable bonds is 16. The highest BCUT2D eigenvalue weighted by atomic mass is 16.6. The van der Waals surface area contributed by atoms with Gasteiger partial charge in [-0.25, -0.2) is 0 Å². The molecule has 0 aromatic heterocycles. The van der Waals surface area contributed by atoms with Crippen LogP contribution in [0.2, 0.25) is 0 Å². The van der Waals surface area contributed by atoms with Gasteiger partial charge >= 0.3 is 0 Å². The number of non-ortho nitro benzene ring substituents is 1. The molecule has 0 bridgehead atoms. The molecule has 41 heavy (non-hydrogen) atoms. The van der Waals surface area contributed by atoms with E-state index in [0.29, 0.717) is 26.4 Å². The second kappa shape index (κ2) is 14.7. The van der Waals surface area contributed by atoms with Gasteiger partial charge in [0.2, 0.25) is 0 Å². The van der Waals surface area contributed by atoms with Crippen molar-refractivity contribution >= 4 is 17.1 Å². The van der Waals surface area contributed by atoms with Gasteiger partial charge in [0, 0.05) is 12.6 Å². The number of nitro groups is 2. The summed E-state index contributed by atoms with van der Waals surface area (Å²) in [5.74, 6) is 0. The van der Waals surface area contributed by atoms with Gasteiger partial charge in [0.25, 0.3) is 11.4 Å². The van der Waals surface area contributed by atoms with Crippen LogP contribution in [0, 0.1) is 20.2 Å². The monoisotopic (exact) mass is 557 g/mol. The molecule has 0 heterocycles. The molecule has 4 aromatic rings. The molecule has 0 aliphatic carbocycles. The van der Waals surface area contributed by atoms with E-state index in [9.17, 15) is 20.2 Å². The average molecular weight is 558 g/mol. The fourth-order valence-electron chi connectivity index (χ4n) is 4.54. The van der Waals surface area contributed by atoms with E-state index in [1.807, 2.05) is 54.6 Å². The zero-order valence-corrected chi connectivity index (χ0v) is 22.4. The molecule has 0 saturated heterocycles. The van der Waals surface area contributed by atoms with Crippen molar-refractivity contribution in [1.82, 2.24) is 0 Å². The van der Waals surface area contributed by atoms with Crippen molar-refractivity contribution in [2.75, 3.05) is 44.9 Å². The molecule has 10 heteroatoms. The molecular weight excluding hydrogens is 526 g/mol. The van der Waals surface area contributed by atoms with Crippen LogP contribution in [0.3, 0.4) is 0 Å². The summed E-state index contributed by atoms with van der Waals surface area (Å²) in [5.41, 5.74) is 1.73. The molecule has 0 aliphatic heterocycles. The first-order chi connectivity index (χ1) is 20.0. The Morgan fingerprint density at radius 3 is 1.59 bits per heavy atom. The number of nitrogens with zero attached hydrogens (tertiary/aromatic N) is 2. The highest BCUT2D eigenvalue weighted by molar-refractivity contribution is 5.65. The minimum Gasteiger partial charge on any atom is -0.377 e. The molecule has 0 radical (unpaired) electrons. The summed E-state index contributed by atoms with van der Waals surface area (Å²) in [6.45, 7) is 1.92. The Bertz CT molecular complexity index is 1310. The van der Waals surface area contributed by atoms with Gasteiger partial charge in [-0.3, -0.25) is 20.2 Å². The number of hydrogen-bond donors (Lipinski definition) is 1. The summed E-state index contributed by atoms with van der Waals surface area (Å²) in [6.07, 6.45) is 0. The normalized spacial score (nSPS) is 11.2. The van der Waals surface area contributed by atoms with Crippen LogP contribution in [0.15, 0.2) is 109 Å². The van der Waals surface area contributed by atoms with Crippen LogP contribution >= 0.6 is 0 Å². The Hall–Kier alpha value is -4.64. The fourth-order valence-corrected chi connectivity index (χ4v) is 4.54. The van der Waals surface area contributed by atoms with Crippen LogP contribution in [-0.4, -0.2) is 49.4 Å². The molecule has 0 saturated carbocycles. The van der Waals surface area contributed by atoms with Crippen LogP contribution in [0.5, 0.6) is 0 Å². The van der Waals surface area contributed by atoms with Gasteiger partial charge < -0.3 is 19.5 Å². The molecular formula is C31H31N3O7. The molecule has 4 rings (SSSR count). The molecule has 0 unspecified atom stereocenters. The fraction of sp³-hybridized carbons (Fsp3) is 0.226. The number of nitro benzene ring substituents is 2. The van der Waals surface area contributed by atoms with Gasteiger partial charge in [-0.1, -0.05) is 91.0 Å². The predicted molar refractivity (Wildman–Crippen MR) is 155 cm³/mol. The van der Waals surface area contributed by atoms with E-state index < -0.39 is 15.4 Å². The van der Waals surface area contributed by atoms with Gasteiger partial charge in [-0.05, 0) is 22.8 Å². The van der Waals surface area contributed by atoms with E-state index in [4.69, 9.17) is 14.2 Å². The van der Waals surface area contributed by atoms with Crippen molar-refractivity contribution in [2.24, 2.45) is 0 Å². The standard InChI is InChI=1S/C31H31N3O7/c35-33(36)28-16-17-29(30(24-28)34(37)38)32-18-19-39-20-21-40-22-23-41-31(25-10-4-1-5-11-25,26-12-6-2-7-13-26)27-14-8-3-9-15-27/h1-17,24,32H,18-23H2. The van der Waals surface area contributed by atoms with E-state index in [1.54, 1.807) is 0 Å². The first-order valence-electron chi connectivity index (χ1n) is 13.1. The lowest BCUT2D eigenvalue weighted by Crippen LogP contribution is -2.34. The largest absolute Gasteiger partial charge is 0.377 e. The van der Waals surface area contributed by atoms with Gasteiger partial charge in [0.15, 0.2) is 0 Å². The van der Waals surface area contributed by atoms with Crippen LogP contribution in [0.25, 0.3) is 0 Å². The third kappa shape index (κ3) is 7.52. The van der Waals surface area contributed by atoms with E-state index in [1.165, 1.54) is 12.1 Å². The second-order valence-corrected chi connectivity index (χ2v) is 8.99. The quantitative estimate of drug-likeness (QED) is 0.0774. The number of anilines is 1. The zero-order chi connectivity index (χ0) is 28.9. The smallest absolute Gasteiger partial charge is 0.299 e. The molecule has 4 aromatic carbocycles. The summed E-state index contributed by atoms with van der Waals surface area (Å²) < 4.78 is 18.0. The molecule has 0 atom stereocenters. The van der Waals surface area contributed by atoms with E-state index in [-0.39, 0.29) is 30.2 Å². The first-order valence-corrected chi connectivity index (χ1v) is 13.1. The summed E-state index contributed by atoms with van der Waals surface area (Å²) in [6, 6.07) is 33.8.